The highest BCUT2D eigenvalue weighted by atomic mass is 32.2. The lowest BCUT2D eigenvalue weighted by atomic mass is 10.2. The van der Waals surface area contributed by atoms with Crippen molar-refractivity contribution in [2.45, 2.75) is 32.4 Å². The van der Waals surface area contributed by atoms with Gasteiger partial charge in [-0.2, -0.15) is 11.8 Å². The van der Waals surface area contributed by atoms with E-state index in [0.717, 1.165) is 10.0 Å². The molecule has 1 aromatic rings. The SMILES string of the molecule is Cc1nnc(C(C)NC2CCSC2)s1. The lowest BCUT2D eigenvalue weighted by molar-refractivity contribution is 0.482. The molecule has 0 radical (unpaired) electrons. The van der Waals surface area contributed by atoms with Crippen LogP contribution in [0.25, 0.3) is 0 Å². The van der Waals surface area contributed by atoms with Gasteiger partial charge in [0.2, 0.25) is 0 Å². The van der Waals surface area contributed by atoms with Gasteiger partial charge >= 0.3 is 0 Å². The Morgan fingerprint density at radius 2 is 2.36 bits per heavy atom. The summed E-state index contributed by atoms with van der Waals surface area (Å²) in [6, 6.07) is 1.02. The molecule has 5 heteroatoms. The summed E-state index contributed by atoms with van der Waals surface area (Å²) in [5.41, 5.74) is 0. The predicted octanol–water partition coefficient (Wildman–Crippen LogP) is 2.00. The summed E-state index contributed by atoms with van der Waals surface area (Å²) in [5, 5.41) is 13.9. The molecule has 2 rings (SSSR count). The number of rotatable bonds is 3. The predicted molar refractivity (Wildman–Crippen MR) is 61.9 cm³/mol. The monoisotopic (exact) mass is 229 g/mol. The lowest BCUT2D eigenvalue weighted by Crippen LogP contribution is -2.31. The number of nitrogens with zero attached hydrogens (tertiary/aromatic N) is 2. The maximum Gasteiger partial charge on any atom is 0.134 e. The molecule has 2 unspecified atom stereocenters. The quantitative estimate of drug-likeness (QED) is 0.860. The smallest absolute Gasteiger partial charge is 0.134 e. The zero-order valence-corrected chi connectivity index (χ0v) is 10.1. The third-order valence-corrected chi connectivity index (χ3v) is 4.51. The molecule has 1 aliphatic rings. The van der Waals surface area contributed by atoms with Crippen molar-refractivity contribution in [1.29, 1.82) is 0 Å². The molecule has 78 valence electrons. The third-order valence-electron chi connectivity index (χ3n) is 2.33. The van der Waals surface area contributed by atoms with Gasteiger partial charge in [-0.3, -0.25) is 0 Å². The topological polar surface area (TPSA) is 37.8 Å². The van der Waals surface area contributed by atoms with Crippen molar-refractivity contribution in [3.05, 3.63) is 10.0 Å². The zero-order chi connectivity index (χ0) is 9.97. The highest BCUT2D eigenvalue weighted by Crippen LogP contribution is 2.22. The number of aromatic nitrogens is 2. The largest absolute Gasteiger partial charge is 0.304 e. The molecular weight excluding hydrogens is 214 g/mol. The van der Waals surface area contributed by atoms with Gasteiger partial charge in [0, 0.05) is 11.8 Å². The normalized spacial score (nSPS) is 24.0. The fourth-order valence-electron chi connectivity index (χ4n) is 1.58. The average Bonchev–Trinajstić information content (AvgIpc) is 2.75. The highest BCUT2D eigenvalue weighted by molar-refractivity contribution is 7.99. The first-order valence-electron chi connectivity index (χ1n) is 4.89. The van der Waals surface area contributed by atoms with E-state index in [9.17, 15) is 0 Å². The van der Waals surface area contributed by atoms with Crippen LogP contribution in [-0.2, 0) is 0 Å². The number of nitrogens with one attached hydrogen (secondary N) is 1. The van der Waals surface area contributed by atoms with Crippen LogP contribution >= 0.6 is 23.1 Å². The molecule has 1 saturated heterocycles. The number of hydrogen-bond donors (Lipinski definition) is 1. The van der Waals surface area contributed by atoms with E-state index in [0.29, 0.717) is 12.1 Å². The van der Waals surface area contributed by atoms with Crippen molar-refractivity contribution in [3.63, 3.8) is 0 Å². The minimum absolute atomic E-state index is 0.352. The van der Waals surface area contributed by atoms with Gasteiger partial charge in [0.05, 0.1) is 6.04 Å². The molecule has 1 aliphatic heterocycles. The summed E-state index contributed by atoms with van der Waals surface area (Å²) in [5.74, 6) is 2.53. The first kappa shape index (κ1) is 10.4. The van der Waals surface area contributed by atoms with E-state index in [-0.39, 0.29) is 0 Å². The fourth-order valence-corrected chi connectivity index (χ4v) is 3.45. The second-order valence-corrected chi connectivity index (χ2v) is 5.97. The molecule has 1 fully saturated rings. The second-order valence-electron chi connectivity index (χ2n) is 3.61. The standard InChI is InChI=1S/C9H15N3S2/c1-6(9-12-11-7(2)14-9)10-8-3-4-13-5-8/h6,8,10H,3-5H2,1-2H3. The van der Waals surface area contributed by atoms with Gasteiger partial charge < -0.3 is 5.32 Å². The first-order chi connectivity index (χ1) is 6.75. The van der Waals surface area contributed by atoms with Crippen LogP contribution in [0.1, 0.15) is 29.4 Å². The van der Waals surface area contributed by atoms with Gasteiger partial charge in [0.25, 0.3) is 0 Å². The Balaban J connectivity index is 1.91. The summed E-state index contributed by atoms with van der Waals surface area (Å²) >= 11 is 3.72. The Labute approximate surface area is 92.7 Å². The van der Waals surface area contributed by atoms with Crippen molar-refractivity contribution in [3.8, 4) is 0 Å². The molecule has 1 N–H and O–H groups in total. The highest BCUT2D eigenvalue weighted by Gasteiger charge is 2.19. The average molecular weight is 229 g/mol. The van der Waals surface area contributed by atoms with Crippen molar-refractivity contribution < 1.29 is 0 Å². The van der Waals surface area contributed by atoms with E-state index in [1.54, 1.807) is 11.3 Å². The van der Waals surface area contributed by atoms with Gasteiger partial charge in [-0.25, -0.2) is 0 Å². The Kier molecular flexibility index (Phi) is 3.41. The maximum atomic E-state index is 4.16. The van der Waals surface area contributed by atoms with E-state index in [4.69, 9.17) is 0 Å². The minimum atomic E-state index is 0.352. The molecular formula is C9H15N3S2. The summed E-state index contributed by atoms with van der Waals surface area (Å²) in [4.78, 5) is 0. The second kappa shape index (κ2) is 4.59. The summed E-state index contributed by atoms with van der Waals surface area (Å²) in [6.07, 6.45) is 1.28. The molecule has 2 atom stereocenters. The Bertz CT molecular complexity index is 294. The van der Waals surface area contributed by atoms with Crippen molar-refractivity contribution in [1.82, 2.24) is 15.5 Å². The van der Waals surface area contributed by atoms with Crippen molar-refractivity contribution >= 4 is 23.1 Å². The molecule has 3 nitrogen and oxygen atoms in total. The van der Waals surface area contributed by atoms with E-state index in [1.165, 1.54) is 17.9 Å². The molecule has 0 saturated carbocycles. The van der Waals surface area contributed by atoms with Gasteiger partial charge in [-0.1, -0.05) is 0 Å². The van der Waals surface area contributed by atoms with Gasteiger partial charge in [-0.15, -0.1) is 21.5 Å². The van der Waals surface area contributed by atoms with Gasteiger partial charge in [-0.05, 0) is 26.0 Å². The summed E-state index contributed by atoms with van der Waals surface area (Å²) in [6.45, 7) is 4.17. The van der Waals surface area contributed by atoms with Crippen LogP contribution in [0.15, 0.2) is 0 Å². The summed E-state index contributed by atoms with van der Waals surface area (Å²) < 4.78 is 0. The van der Waals surface area contributed by atoms with Crippen LogP contribution < -0.4 is 5.32 Å². The molecule has 0 aliphatic carbocycles. The number of thioether (sulfide) groups is 1. The van der Waals surface area contributed by atoms with Crippen LogP contribution in [0, 0.1) is 6.92 Å². The molecule has 1 aromatic heterocycles. The van der Waals surface area contributed by atoms with Crippen molar-refractivity contribution in [2.24, 2.45) is 0 Å². The maximum absolute atomic E-state index is 4.16. The molecule has 0 amide bonds. The molecule has 0 aromatic carbocycles. The van der Waals surface area contributed by atoms with Gasteiger partial charge in [0.1, 0.15) is 10.0 Å². The Morgan fingerprint density at radius 3 is 2.93 bits per heavy atom. The zero-order valence-electron chi connectivity index (χ0n) is 8.49. The third kappa shape index (κ3) is 2.46. The summed E-state index contributed by atoms with van der Waals surface area (Å²) in [7, 11) is 0. The number of hydrogen-bond acceptors (Lipinski definition) is 5. The van der Waals surface area contributed by atoms with Gasteiger partial charge in [0.15, 0.2) is 0 Å². The van der Waals surface area contributed by atoms with E-state index in [2.05, 4.69) is 22.4 Å². The van der Waals surface area contributed by atoms with Crippen LogP contribution in [0.3, 0.4) is 0 Å². The molecule has 0 bridgehead atoms. The Morgan fingerprint density at radius 1 is 1.50 bits per heavy atom. The van der Waals surface area contributed by atoms with Crippen LogP contribution in [0.4, 0.5) is 0 Å². The Hall–Kier alpha value is -0.130. The van der Waals surface area contributed by atoms with Crippen molar-refractivity contribution in [2.75, 3.05) is 11.5 Å². The lowest BCUT2D eigenvalue weighted by Gasteiger charge is -2.15. The first-order valence-corrected chi connectivity index (χ1v) is 6.86. The van der Waals surface area contributed by atoms with E-state index in [1.807, 2.05) is 18.7 Å². The molecule has 2 heterocycles. The van der Waals surface area contributed by atoms with Crippen LogP contribution in [0.2, 0.25) is 0 Å². The minimum Gasteiger partial charge on any atom is -0.304 e. The van der Waals surface area contributed by atoms with E-state index < -0.39 is 0 Å². The van der Waals surface area contributed by atoms with Crippen LogP contribution in [-0.4, -0.2) is 27.7 Å². The fraction of sp³-hybridized carbons (Fsp3) is 0.778. The number of aryl methyl sites for hydroxylation is 1. The van der Waals surface area contributed by atoms with Crippen LogP contribution in [0.5, 0.6) is 0 Å². The molecule has 14 heavy (non-hydrogen) atoms. The molecule has 0 spiro atoms. The van der Waals surface area contributed by atoms with E-state index >= 15 is 0 Å².